The molecule has 18 heavy (non-hydrogen) atoms. The van der Waals surface area contributed by atoms with Crippen LogP contribution >= 0.6 is 0 Å². The summed E-state index contributed by atoms with van der Waals surface area (Å²) in [6.45, 7) is -0.0343. The van der Waals surface area contributed by atoms with Crippen LogP contribution in [0.1, 0.15) is 25.7 Å². The molecule has 4 nitrogen and oxygen atoms in total. The molecule has 4 heteroatoms. The molecule has 0 bridgehead atoms. The van der Waals surface area contributed by atoms with Crippen LogP contribution < -0.4 is 5.73 Å². The van der Waals surface area contributed by atoms with Crippen LogP contribution in [0.5, 0.6) is 0 Å². The Morgan fingerprint density at radius 2 is 2.11 bits per heavy atom. The van der Waals surface area contributed by atoms with Crippen LogP contribution in [0.25, 0.3) is 0 Å². The highest BCUT2D eigenvalue weighted by atomic mass is 16.5. The molecule has 0 heterocycles. The van der Waals surface area contributed by atoms with Crippen LogP contribution in [-0.2, 0) is 9.47 Å². The third-order valence-electron chi connectivity index (χ3n) is 3.10. The lowest BCUT2D eigenvalue weighted by atomic mass is 10.0. The maximum absolute atomic E-state index is 9.36. The van der Waals surface area contributed by atoms with Gasteiger partial charge >= 0.3 is 0 Å². The van der Waals surface area contributed by atoms with Crippen molar-refractivity contribution in [2.45, 2.75) is 25.7 Å². The van der Waals surface area contributed by atoms with E-state index < -0.39 is 0 Å². The van der Waals surface area contributed by atoms with Gasteiger partial charge in [-0.05, 0) is 25.0 Å². The fraction of sp³-hybridized carbons (Fsp3) is 0.429. The summed E-state index contributed by atoms with van der Waals surface area (Å²) in [5.41, 5.74) is 7.37. The highest BCUT2D eigenvalue weighted by Crippen LogP contribution is 2.30. The second kappa shape index (κ2) is 5.78. The maximum Gasteiger partial charge on any atom is 0.169 e. The van der Waals surface area contributed by atoms with Crippen molar-refractivity contribution >= 4 is 0 Å². The van der Waals surface area contributed by atoms with Gasteiger partial charge in [-0.15, -0.1) is 0 Å². The van der Waals surface area contributed by atoms with Crippen LogP contribution in [0.15, 0.2) is 46.8 Å². The van der Waals surface area contributed by atoms with Gasteiger partial charge < -0.3 is 20.3 Å². The van der Waals surface area contributed by atoms with Crippen molar-refractivity contribution in [2.75, 3.05) is 13.7 Å². The van der Waals surface area contributed by atoms with Gasteiger partial charge in [-0.25, -0.2) is 0 Å². The lowest BCUT2D eigenvalue weighted by Crippen LogP contribution is -2.11. The van der Waals surface area contributed by atoms with Crippen LogP contribution in [0.4, 0.5) is 0 Å². The summed E-state index contributed by atoms with van der Waals surface area (Å²) in [6.07, 6.45) is 8.99. The molecule has 0 aromatic carbocycles. The Morgan fingerprint density at radius 1 is 1.28 bits per heavy atom. The van der Waals surface area contributed by atoms with Gasteiger partial charge in [0.05, 0.1) is 13.7 Å². The van der Waals surface area contributed by atoms with Crippen LogP contribution in [0.3, 0.4) is 0 Å². The van der Waals surface area contributed by atoms with Gasteiger partial charge in [0.15, 0.2) is 5.76 Å². The Balaban J connectivity index is 2.19. The Kier molecular flexibility index (Phi) is 4.10. The van der Waals surface area contributed by atoms with E-state index >= 15 is 0 Å². The summed E-state index contributed by atoms with van der Waals surface area (Å²) in [6, 6.07) is 0. The highest BCUT2D eigenvalue weighted by molar-refractivity contribution is 5.34. The average molecular weight is 249 g/mol. The molecule has 98 valence electrons. The molecule has 0 spiro atoms. The van der Waals surface area contributed by atoms with E-state index in [4.69, 9.17) is 15.2 Å². The third kappa shape index (κ3) is 2.76. The number of aliphatic hydroxyl groups is 1. The number of allylic oxidation sites excluding steroid dienone is 6. The van der Waals surface area contributed by atoms with Crippen LogP contribution in [-0.4, -0.2) is 18.8 Å². The largest absolute Gasteiger partial charge is 0.497 e. The van der Waals surface area contributed by atoms with Crippen molar-refractivity contribution in [1.29, 1.82) is 0 Å². The molecular formula is C14H19NO3. The Bertz CT molecular complexity index is 444. The normalized spacial score (nSPS) is 20.0. The Morgan fingerprint density at radius 3 is 2.72 bits per heavy atom. The minimum Gasteiger partial charge on any atom is -0.497 e. The zero-order valence-electron chi connectivity index (χ0n) is 10.6. The fourth-order valence-electron chi connectivity index (χ4n) is 2.07. The second-order valence-corrected chi connectivity index (χ2v) is 4.36. The quantitative estimate of drug-likeness (QED) is 0.800. The molecule has 0 aromatic rings. The zero-order valence-corrected chi connectivity index (χ0v) is 10.6. The van der Waals surface area contributed by atoms with E-state index in [0.717, 1.165) is 48.5 Å². The fourth-order valence-corrected chi connectivity index (χ4v) is 2.07. The summed E-state index contributed by atoms with van der Waals surface area (Å²) in [5, 5.41) is 9.36. The molecular weight excluding hydrogens is 230 g/mol. The number of ether oxygens (including phenoxy) is 2. The van der Waals surface area contributed by atoms with Crippen molar-refractivity contribution in [3.8, 4) is 0 Å². The van der Waals surface area contributed by atoms with Crippen molar-refractivity contribution in [3.05, 3.63) is 46.8 Å². The van der Waals surface area contributed by atoms with E-state index in [9.17, 15) is 5.11 Å². The molecule has 0 radical (unpaired) electrons. The van der Waals surface area contributed by atoms with Crippen LogP contribution in [0.2, 0.25) is 0 Å². The summed E-state index contributed by atoms with van der Waals surface area (Å²) in [5.74, 6) is 2.31. The van der Waals surface area contributed by atoms with Crippen molar-refractivity contribution in [3.63, 3.8) is 0 Å². The minimum absolute atomic E-state index is 0.0343. The van der Waals surface area contributed by atoms with E-state index in [0.29, 0.717) is 5.76 Å². The molecule has 3 N–H and O–H groups in total. The van der Waals surface area contributed by atoms with Gasteiger partial charge in [0.25, 0.3) is 0 Å². The van der Waals surface area contributed by atoms with Crippen molar-refractivity contribution < 1.29 is 14.6 Å². The summed E-state index contributed by atoms with van der Waals surface area (Å²) < 4.78 is 11.2. The first-order valence-electron chi connectivity index (χ1n) is 6.15. The Labute approximate surface area is 107 Å². The first-order chi connectivity index (χ1) is 8.74. The Hall–Kier alpha value is -1.68. The molecule has 2 aliphatic carbocycles. The SMILES string of the molecule is COC1=C(OC2=CC=C(N)CC2)C(CO)=CCC1. The number of hydrogen-bond donors (Lipinski definition) is 2. The molecule has 0 saturated heterocycles. The second-order valence-electron chi connectivity index (χ2n) is 4.36. The molecule has 0 unspecified atom stereocenters. The number of aliphatic hydroxyl groups excluding tert-OH is 1. The lowest BCUT2D eigenvalue weighted by Gasteiger charge is -2.22. The first kappa shape index (κ1) is 12.8. The number of methoxy groups -OCH3 is 1. The van der Waals surface area contributed by atoms with E-state index in [1.165, 1.54) is 0 Å². The highest BCUT2D eigenvalue weighted by Gasteiger charge is 2.20. The predicted molar refractivity (Wildman–Crippen MR) is 69.1 cm³/mol. The van der Waals surface area contributed by atoms with E-state index in [1.807, 2.05) is 18.2 Å². The molecule has 0 fully saturated rings. The average Bonchev–Trinajstić information content (AvgIpc) is 2.41. The molecule has 2 rings (SSSR count). The number of hydrogen-bond acceptors (Lipinski definition) is 4. The van der Waals surface area contributed by atoms with E-state index in [2.05, 4.69) is 0 Å². The number of nitrogens with two attached hydrogens (primary N) is 1. The van der Waals surface area contributed by atoms with Gasteiger partial charge in [-0.2, -0.15) is 0 Å². The van der Waals surface area contributed by atoms with Gasteiger partial charge in [-0.3, -0.25) is 0 Å². The predicted octanol–water partition coefficient (Wildman–Crippen LogP) is 2.09. The van der Waals surface area contributed by atoms with Crippen LogP contribution in [0, 0.1) is 0 Å². The van der Waals surface area contributed by atoms with Gasteiger partial charge in [0, 0.05) is 24.1 Å². The smallest absolute Gasteiger partial charge is 0.169 e. The molecule has 0 atom stereocenters. The zero-order chi connectivity index (χ0) is 13.0. The van der Waals surface area contributed by atoms with E-state index in [-0.39, 0.29) is 6.61 Å². The standard InChI is InChI=1S/C14H19NO3/c1-17-13-4-2-3-10(9-16)14(13)18-12-7-5-11(15)6-8-12/h3,5,7,16H,2,4,6,8-9,15H2,1H3. The topological polar surface area (TPSA) is 64.7 Å². The van der Waals surface area contributed by atoms with Gasteiger partial charge in [-0.1, -0.05) is 6.08 Å². The van der Waals surface area contributed by atoms with Gasteiger partial charge in [0.1, 0.15) is 11.5 Å². The number of rotatable bonds is 4. The van der Waals surface area contributed by atoms with Gasteiger partial charge in [0.2, 0.25) is 0 Å². The molecule has 0 amide bonds. The minimum atomic E-state index is -0.0343. The van der Waals surface area contributed by atoms with Crippen molar-refractivity contribution in [2.24, 2.45) is 5.73 Å². The third-order valence-corrected chi connectivity index (χ3v) is 3.10. The summed E-state index contributed by atoms with van der Waals surface area (Å²) in [7, 11) is 1.63. The van der Waals surface area contributed by atoms with E-state index in [1.54, 1.807) is 7.11 Å². The first-order valence-corrected chi connectivity index (χ1v) is 6.15. The molecule has 0 aromatic heterocycles. The lowest BCUT2D eigenvalue weighted by molar-refractivity contribution is 0.206. The molecule has 0 saturated carbocycles. The summed E-state index contributed by atoms with van der Waals surface area (Å²) >= 11 is 0. The monoisotopic (exact) mass is 249 g/mol. The molecule has 2 aliphatic rings. The maximum atomic E-state index is 9.36. The summed E-state index contributed by atoms with van der Waals surface area (Å²) in [4.78, 5) is 0. The van der Waals surface area contributed by atoms with Crippen molar-refractivity contribution in [1.82, 2.24) is 0 Å². The molecule has 0 aliphatic heterocycles.